The minimum atomic E-state index is 0.164. The maximum Gasteiger partial charge on any atom is 0.104 e. The van der Waals surface area contributed by atoms with E-state index in [1.807, 2.05) is 5.57 Å². The molecule has 3 aliphatic rings. The van der Waals surface area contributed by atoms with Crippen LogP contribution in [0.4, 0.5) is 0 Å². The minimum absolute atomic E-state index is 0.164. The molecule has 1 heterocycles. The van der Waals surface area contributed by atoms with E-state index in [4.69, 9.17) is 4.74 Å². The highest BCUT2D eigenvalue weighted by atomic mass is 16.5. The van der Waals surface area contributed by atoms with Crippen molar-refractivity contribution in [3.05, 3.63) is 47.0 Å². The fourth-order valence-electron chi connectivity index (χ4n) is 5.82. The molecule has 2 nitrogen and oxygen atoms in total. The Bertz CT molecular complexity index is 702. The van der Waals surface area contributed by atoms with Crippen LogP contribution in [-0.2, 0) is 11.3 Å². The third-order valence-corrected chi connectivity index (χ3v) is 8.18. The summed E-state index contributed by atoms with van der Waals surface area (Å²) in [7, 11) is 4.80. The fraction of sp³-hybridized carbons (Fsp3) is 0.692. The first-order chi connectivity index (χ1) is 13.4. The lowest BCUT2D eigenvalue weighted by Gasteiger charge is -2.50. The number of fused-ring (bicyclic) bond motifs is 2. The van der Waals surface area contributed by atoms with Crippen molar-refractivity contribution in [2.75, 3.05) is 14.1 Å². The standard InChI is InChI=1S/C26H40NO/c1-26(2,27(3,4)19-20-12-6-5-7-13-20)18-25-23-16-9-8-14-21(23)22-15-10-11-17-24(22)28-25/h5-7,12-13,22,24-25H,8-11,14-19H2,1-4H3/q+1/t22-,24+,25+/m1/s1. The van der Waals surface area contributed by atoms with Crippen molar-refractivity contribution in [3.63, 3.8) is 0 Å². The molecule has 0 spiro atoms. The molecular weight excluding hydrogens is 342 g/mol. The number of rotatable bonds is 5. The highest BCUT2D eigenvalue weighted by molar-refractivity contribution is 5.28. The minimum Gasteiger partial charge on any atom is -0.370 e. The van der Waals surface area contributed by atoms with Crippen LogP contribution in [-0.4, -0.2) is 36.3 Å². The predicted octanol–water partition coefficient (Wildman–Crippen LogP) is 6.26. The zero-order valence-electron chi connectivity index (χ0n) is 18.5. The molecule has 3 atom stereocenters. The molecule has 0 unspecified atom stereocenters. The van der Waals surface area contributed by atoms with Crippen LogP contribution in [0, 0.1) is 5.92 Å². The third kappa shape index (κ3) is 3.96. The van der Waals surface area contributed by atoms with Crippen LogP contribution in [0.15, 0.2) is 41.5 Å². The number of hydrogen-bond donors (Lipinski definition) is 0. The average molecular weight is 383 g/mol. The fourth-order valence-corrected chi connectivity index (χ4v) is 5.82. The van der Waals surface area contributed by atoms with Crippen molar-refractivity contribution in [2.24, 2.45) is 5.92 Å². The van der Waals surface area contributed by atoms with Crippen LogP contribution in [0.1, 0.15) is 77.2 Å². The van der Waals surface area contributed by atoms with Crippen LogP contribution >= 0.6 is 0 Å². The first-order valence-electron chi connectivity index (χ1n) is 11.6. The van der Waals surface area contributed by atoms with E-state index in [2.05, 4.69) is 58.3 Å². The smallest absolute Gasteiger partial charge is 0.104 e. The number of hydrogen-bond acceptors (Lipinski definition) is 1. The third-order valence-electron chi connectivity index (χ3n) is 8.18. The second-order valence-corrected chi connectivity index (χ2v) is 10.7. The van der Waals surface area contributed by atoms with E-state index in [1.165, 1.54) is 56.9 Å². The lowest BCUT2D eigenvalue weighted by molar-refractivity contribution is -0.951. The monoisotopic (exact) mass is 382 g/mol. The molecule has 4 rings (SSSR count). The Morgan fingerprint density at radius 2 is 1.61 bits per heavy atom. The molecule has 28 heavy (non-hydrogen) atoms. The van der Waals surface area contributed by atoms with E-state index in [-0.39, 0.29) is 5.54 Å². The Morgan fingerprint density at radius 3 is 2.36 bits per heavy atom. The van der Waals surface area contributed by atoms with Crippen molar-refractivity contribution >= 4 is 0 Å². The molecule has 1 saturated carbocycles. The molecule has 1 aromatic rings. The van der Waals surface area contributed by atoms with Gasteiger partial charge in [0.05, 0.1) is 31.8 Å². The van der Waals surface area contributed by atoms with Gasteiger partial charge in [0, 0.05) is 17.9 Å². The van der Waals surface area contributed by atoms with Gasteiger partial charge in [0.15, 0.2) is 0 Å². The Balaban J connectivity index is 1.55. The lowest BCUT2D eigenvalue weighted by atomic mass is 9.71. The van der Waals surface area contributed by atoms with E-state index < -0.39 is 0 Å². The predicted molar refractivity (Wildman–Crippen MR) is 117 cm³/mol. The Labute approximate surface area is 172 Å². The molecule has 0 saturated heterocycles. The first-order valence-corrected chi connectivity index (χ1v) is 11.6. The highest BCUT2D eigenvalue weighted by Crippen LogP contribution is 2.47. The van der Waals surface area contributed by atoms with E-state index in [0.29, 0.717) is 12.2 Å². The molecule has 0 bridgehead atoms. The largest absolute Gasteiger partial charge is 0.370 e. The number of nitrogens with zero attached hydrogens (tertiary/aromatic N) is 1. The highest BCUT2D eigenvalue weighted by Gasteiger charge is 2.45. The van der Waals surface area contributed by atoms with Crippen LogP contribution in [0.5, 0.6) is 0 Å². The van der Waals surface area contributed by atoms with E-state index in [9.17, 15) is 0 Å². The lowest BCUT2D eigenvalue weighted by Crippen LogP contribution is -2.57. The molecular formula is C26H40NO+. The zero-order chi connectivity index (χ0) is 19.8. The van der Waals surface area contributed by atoms with E-state index in [1.54, 1.807) is 5.57 Å². The zero-order valence-corrected chi connectivity index (χ0v) is 18.5. The number of ether oxygens (including phenoxy) is 1. The molecule has 2 heteroatoms. The van der Waals surface area contributed by atoms with Gasteiger partial charge in [-0.25, -0.2) is 0 Å². The van der Waals surface area contributed by atoms with Crippen LogP contribution in [0.25, 0.3) is 0 Å². The topological polar surface area (TPSA) is 9.23 Å². The van der Waals surface area contributed by atoms with Crippen molar-refractivity contribution in [1.82, 2.24) is 0 Å². The Morgan fingerprint density at radius 1 is 0.929 bits per heavy atom. The molecule has 1 aromatic carbocycles. The first kappa shape index (κ1) is 20.2. The summed E-state index contributed by atoms with van der Waals surface area (Å²) in [5, 5.41) is 0. The van der Waals surface area contributed by atoms with Crippen LogP contribution in [0.2, 0.25) is 0 Å². The quantitative estimate of drug-likeness (QED) is 0.431. The van der Waals surface area contributed by atoms with Gasteiger partial charge >= 0.3 is 0 Å². The summed E-state index contributed by atoms with van der Waals surface area (Å²) in [6.45, 7) is 5.98. The summed E-state index contributed by atoms with van der Waals surface area (Å²) in [6, 6.07) is 11.0. The molecule has 0 N–H and O–H groups in total. The van der Waals surface area contributed by atoms with E-state index in [0.717, 1.165) is 23.4 Å². The van der Waals surface area contributed by atoms with Crippen molar-refractivity contribution in [3.8, 4) is 0 Å². The van der Waals surface area contributed by atoms with Gasteiger partial charge in [-0.3, -0.25) is 0 Å². The van der Waals surface area contributed by atoms with Crippen molar-refractivity contribution < 1.29 is 9.22 Å². The average Bonchev–Trinajstić information content (AvgIpc) is 2.68. The summed E-state index contributed by atoms with van der Waals surface area (Å²) in [5.74, 6) is 0.746. The van der Waals surface area contributed by atoms with Gasteiger partial charge in [-0.1, -0.05) is 48.7 Å². The summed E-state index contributed by atoms with van der Waals surface area (Å²) >= 11 is 0. The second kappa shape index (κ2) is 7.95. The van der Waals surface area contributed by atoms with E-state index >= 15 is 0 Å². The SMILES string of the molecule is CC(C)(C[C@@H]1O[C@H]2CCCC[C@@H]2C2=C1CCCC2)[N+](C)(C)Cc1ccccc1. The number of quaternary nitrogens is 1. The molecule has 0 amide bonds. The van der Waals surface area contributed by atoms with Gasteiger partial charge in [-0.15, -0.1) is 0 Å². The van der Waals surface area contributed by atoms with Gasteiger partial charge < -0.3 is 9.22 Å². The molecule has 2 aliphatic carbocycles. The molecule has 0 aromatic heterocycles. The molecule has 154 valence electrons. The normalized spacial score (nSPS) is 28.6. The van der Waals surface area contributed by atoms with Gasteiger partial charge in [0.25, 0.3) is 0 Å². The summed E-state index contributed by atoms with van der Waals surface area (Å²) in [6.07, 6.45) is 12.8. The van der Waals surface area contributed by atoms with Gasteiger partial charge in [-0.05, 0) is 57.9 Å². The molecule has 1 fully saturated rings. The van der Waals surface area contributed by atoms with Gasteiger partial charge in [0.2, 0.25) is 0 Å². The van der Waals surface area contributed by atoms with Crippen LogP contribution < -0.4 is 0 Å². The summed E-state index contributed by atoms with van der Waals surface area (Å²) in [5.41, 5.74) is 5.13. The summed E-state index contributed by atoms with van der Waals surface area (Å²) in [4.78, 5) is 0. The molecule has 1 aliphatic heterocycles. The molecule has 0 radical (unpaired) electrons. The second-order valence-electron chi connectivity index (χ2n) is 10.7. The Kier molecular flexibility index (Phi) is 5.73. The van der Waals surface area contributed by atoms with Crippen molar-refractivity contribution in [2.45, 2.75) is 95.9 Å². The summed E-state index contributed by atoms with van der Waals surface area (Å²) < 4.78 is 7.87. The van der Waals surface area contributed by atoms with Gasteiger partial charge in [0.1, 0.15) is 6.54 Å². The number of benzene rings is 1. The maximum atomic E-state index is 6.87. The van der Waals surface area contributed by atoms with Crippen LogP contribution in [0.3, 0.4) is 0 Å². The Hall–Kier alpha value is -1.12. The van der Waals surface area contributed by atoms with Crippen molar-refractivity contribution in [1.29, 1.82) is 0 Å². The van der Waals surface area contributed by atoms with Gasteiger partial charge in [-0.2, -0.15) is 0 Å². The maximum absolute atomic E-state index is 6.87.